The van der Waals surface area contributed by atoms with E-state index in [9.17, 15) is 4.79 Å². The lowest BCUT2D eigenvalue weighted by atomic mass is 10.0. The van der Waals surface area contributed by atoms with E-state index in [1.807, 2.05) is 32.9 Å². The number of aromatic nitrogens is 3. The van der Waals surface area contributed by atoms with Gasteiger partial charge in [0, 0.05) is 17.3 Å². The molecule has 0 amide bonds. The van der Waals surface area contributed by atoms with Gasteiger partial charge in [-0.2, -0.15) is 5.10 Å². The lowest BCUT2D eigenvalue weighted by molar-refractivity contribution is 0.0990. The number of benzene rings is 1. The van der Waals surface area contributed by atoms with Crippen LogP contribution in [-0.2, 0) is 6.42 Å². The van der Waals surface area contributed by atoms with Gasteiger partial charge in [-0.1, -0.05) is 11.6 Å². The fourth-order valence-electron chi connectivity index (χ4n) is 1.98. The molecule has 0 aliphatic heterocycles. The monoisotopic (exact) mass is 258 g/mol. The summed E-state index contributed by atoms with van der Waals surface area (Å²) in [4.78, 5) is 16.4. The first-order valence-corrected chi connectivity index (χ1v) is 6.26. The van der Waals surface area contributed by atoms with E-state index in [-0.39, 0.29) is 18.2 Å². The Bertz CT molecular complexity index is 601. The Hall–Kier alpha value is -2.17. The van der Waals surface area contributed by atoms with Crippen LogP contribution in [0.1, 0.15) is 41.6 Å². The molecule has 1 aromatic heterocycles. The first-order valence-electron chi connectivity index (χ1n) is 6.26. The molecule has 0 unspecified atom stereocenters. The average Bonchev–Trinajstić information content (AvgIpc) is 2.80. The van der Waals surface area contributed by atoms with Crippen LogP contribution in [0.2, 0.25) is 0 Å². The van der Waals surface area contributed by atoms with Gasteiger partial charge in [0.1, 0.15) is 12.2 Å². The molecule has 19 heavy (non-hydrogen) atoms. The summed E-state index contributed by atoms with van der Waals surface area (Å²) < 4.78 is 1.75. The van der Waals surface area contributed by atoms with E-state index in [2.05, 4.69) is 10.1 Å². The highest BCUT2D eigenvalue weighted by Crippen LogP contribution is 2.17. The fraction of sp³-hybridized carbons (Fsp3) is 0.357. The molecule has 0 spiro atoms. The molecule has 2 aromatic rings. The van der Waals surface area contributed by atoms with Crippen LogP contribution in [0.25, 0.3) is 0 Å². The Morgan fingerprint density at radius 3 is 2.84 bits per heavy atom. The van der Waals surface area contributed by atoms with E-state index in [1.54, 1.807) is 10.7 Å². The van der Waals surface area contributed by atoms with Crippen molar-refractivity contribution in [2.75, 3.05) is 5.73 Å². The minimum Gasteiger partial charge on any atom is -0.398 e. The van der Waals surface area contributed by atoms with E-state index < -0.39 is 0 Å². The summed E-state index contributed by atoms with van der Waals surface area (Å²) in [7, 11) is 0. The van der Waals surface area contributed by atoms with Crippen molar-refractivity contribution in [3.05, 3.63) is 41.5 Å². The summed E-state index contributed by atoms with van der Waals surface area (Å²) >= 11 is 0. The van der Waals surface area contributed by atoms with Crippen molar-refractivity contribution in [3.8, 4) is 0 Å². The van der Waals surface area contributed by atoms with Gasteiger partial charge in [0.05, 0.1) is 6.42 Å². The Kier molecular flexibility index (Phi) is 3.64. The van der Waals surface area contributed by atoms with Crippen LogP contribution in [0.15, 0.2) is 24.5 Å². The van der Waals surface area contributed by atoms with Crippen LogP contribution >= 0.6 is 0 Å². The second-order valence-electron chi connectivity index (χ2n) is 4.91. The largest absolute Gasteiger partial charge is 0.398 e. The van der Waals surface area contributed by atoms with Gasteiger partial charge in [-0.15, -0.1) is 0 Å². The highest BCUT2D eigenvalue weighted by molar-refractivity contribution is 6.01. The van der Waals surface area contributed by atoms with Crippen molar-refractivity contribution >= 4 is 11.5 Å². The van der Waals surface area contributed by atoms with Gasteiger partial charge < -0.3 is 5.73 Å². The van der Waals surface area contributed by atoms with E-state index in [0.29, 0.717) is 17.1 Å². The topological polar surface area (TPSA) is 73.8 Å². The van der Waals surface area contributed by atoms with E-state index in [0.717, 1.165) is 5.56 Å². The maximum Gasteiger partial charge on any atom is 0.172 e. The Labute approximate surface area is 112 Å². The number of nitrogens with zero attached hydrogens (tertiary/aromatic N) is 3. The number of nitrogens with two attached hydrogens (primary N) is 1. The maximum atomic E-state index is 12.3. The fourth-order valence-corrected chi connectivity index (χ4v) is 1.98. The molecule has 0 aliphatic carbocycles. The minimum atomic E-state index is -0.0314. The Balaban J connectivity index is 2.26. The van der Waals surface area contributed by atoms with Crippen LogP contribution in [0, 0.1) is 6.92 Å². The van der Waals surface area contributed by atoms with Gasteiger partial charge in [0.15, 0.2) is 5.78 Å². The second kappa shape index (κ2) is 5.22. The summed E-state index contributed by atoms with van der Waals surface area (Å²) in [5.41, 5.74) is 7.93. The quantitative estimate of drug-likeness (QED) is 0.673. The summed E-state index contributed by atoms with van der Waals surface area (Å²) in [5.74, 6) is 0.636. The number of rotatable bonds is 4. The number of ketones is 1. The highest BCUT2D eigenvalue weighted by Gasteiger charge is 2.15. The van der Waals surface area contributed by atoms with E-state index >= 15 is 0 Å². The molecular formula is C14H18N4O. The van der Waals surface area contributed by atoms with Crippen molar-refractivity contribution in [1.29, 1.82) is 0 Å². The van der Waals surface area contributed by atoms with Crippen molar-refractivity contribution < 1.29 is 4.79 Å². The molecule has 1 aromatic carbocycles. The number of carbonyl (C=O) groups excluding carboxylic acids is 1. The lowest BCUT2D eigenvalue weighted by Crippen LogP contribution is -2.14. The molecule has 0 radical (unpaired) electrons. The molecule has 0 fully saturated rings. The third-order valence-electron chi connectivity index (χ3n) is 2.96. The second-order valence-corrected chi connectivity index (χ2v) is 4.91. The number of Topliss-reactive ketones (excluding diaryl/α,β-unsaturated/α-hetero) is 1. The average molecular weight is 258 g/mol. The normalized spacial score (nSPS) is 10.9. The predicted molar refractivity (Wildman–Crippen MR) is 74.0 cm³/mol. The van der Waals surface area contributed by atoms with Crippen molar-refractivity contribution in [2.24, 2.45) is 0 Å². The zero-order valence-electron chi connectivity index (χ0n) is 11.4. The van der Waals surface area contributed by atoms with Gasteiger partial charge in [-0.05, 0) is 32.9 Å². The molecule has 0 aliphatic rings. The first kappa shape index (κ1) is 13.3. The highest BCUT2D eigenvalue weighted by atomic mass is 16.1. The number of hydrogen-bond donors (Lipinski definition) is 1. The molecule has 100 valence electrons. The third-order valence-corrected chi connectivity index (χ3v) is 2.96. The smallest absolute Gasteiger partial charge is 0.172 e. The standard InChI is InChI=1S/C14H18N4O/c1-9(2)18-14(16-8-17-18)7-13(19)11-6-10(3)4-5-12(11)15/h4-6,8-9H,7,15H2,1-3H3. The summed E-state index contributed by atoms with van der Waals surface area (Å²) in [6.07, 6.45) is 1.69. The number of anilines is 1. The van der Waals surface area contributed by atoms with Crippen LogP contribution in [0.3, 0.4) is 0 Å². The number of hydrogen-bond acceptors (Lipinski definition) is 4. The number of carbonyl (C=O) groups is 1. The van der Waals surface area contributed by atoms with Crippen molar-refractivity contribution in [1.82, 2.24) is 14.8 Å². The molecule has 2 rings (SSSR count). The van der Waals surface area contributed by atoms with E-state index in [4.69, 9.17) is 5.73 Å². The van der Waals surface area contributed by atoms with Crippen LogP contribution in [0.5, 0.6) is 0 Å². The predicted octanol–water partition coefficient (Wildman–Crippen LogP) is 2.18. The maximum absolute atomic E-state index is 12.3. The number of aryl methyl sites for hydroxylation is 1. The summed E-state index contributed by atoms with van der Waals surface area (Å²) in [6.45, 7) is 5.94. The SMILES string of the molecule is Cc1ccc(N)c(C(=O)Cc2ncnn2C(C)C)c1. The lowest BCUT2D eigenvalue weighted by Gasteiger charge is -2.10. The van der Waals surface area contributed by atoms with Gasteiger partial charge in [-0.25, -0.2) is 9.67 Å². The Morgan fingerprint density at radius 1 is 1.42 bits per heavy atom. The van der Waals surface area contributed by atoms with E-state index in [1.165, 1.54) is 6.33 Å². The molecule has 0 bridgehead atoms. The summed E-state index contributed by atoms with van der Waals surface area (Å²) in [6, 6.07) is 5.65. The molecule has 2 N–H and O–H groups in total. The first-order chi connectivity index (χ1) is 8.99. The zero-order chi connectivity index (χ0) is 14.0. The van der Waals surface area contributed by atoms with Crippen LogP contribution < -0.4 is 5.73 Å². The van der Waals surface area contributed by atoms with Crippen molar-refractivity contribution in [3.63, 3.8) is 0 Å². The molecule has 0 atom stereocenters. The zero-order valence-corrected chi connectivity index (χ0v) is 11.4. The number of nitrogen functional groups attached to an aromatic ring is 1. The third kappa shape index (κ3) is 2.81. The van der Waals surface area contributed by atoms with Crippen LogP contribution in [-0.4, -0.2) is 20.5 Å². The van der Waals surface area contributed by atoms with Gasteiger partial charge in [0.2, 0.25) is 0 Å². The molecule has 5 nitrogen and oxygen atoms in total. The minimum absolute atomic E-state index is 0.0314. The molecule has 5 heteroatoms. The van der Waals surface area contributed by atoms with Crippen LogP contribution in [0.4, 0.5) is 5.69 Å². The molecular weight excluding hydrogens is 240 g/mol. The molecule has 0 saturated carbocycles. The molecule has 1 heterocycles. The van der Waals surface area contributed by atoms with Gasteiger partial charge >= 0.3 is 0 Å². The summed E-state index contributed by atoms with van der Waals surface area (Å²) in [5, 5.41) is 4.12. The van der Waals surface area contributed by atoms with Crippen molar-refractivity contribution in [2.45, 2.75) is 33.2 Å². The van der Waals surface area contributed by atoms with Gasteiger partial charge in [0.25, 0.3) is 0 Å². The Morgan fingerprint density at radius 2 is 2.16 bits per heavy atom. The molecule has 0 saturated heterocycles. The van der Waals surface area contributed by atoms with Gasteiger partial charge in [-0.3, -0.25) is 4.79 Å².